The fourth-order valence-electron chi connectivity index (χ4n) is 3.59. The van der Waals surface area contributed by atoms with Gasteiger partial charge in [0, 0.05) is 55.1 Å². The SMILES string of the molecule is Cc1cc(Cl)ccc1C(=O)N1CCCC(c2nccn2CCN(C)C)C1. The molecule has 1 aromatic carbocycles. The van der Waals surface area contributed by atoms with Gasteiger partial charge in [0.05, 0.1) is 0 Å². The predicted molar refractivity (Wildman–Crippen MR) is 105 cm³/mol. The van der Waals surface area contributed by atoms with Crippen molar-refractivity contribution in [1.29, 1.82) is 0 Å². The first-order chi connectivity index (χ1) is 12.5. The zero-order chi connectivity index (χ0) is 18.7. The topological polar surface area (TPSA) is 41.4 Å². The van der Waals surface area contributed by atoms with Crippen molar-refractivity contribution in [1.82, 2.24) is 19.4 Å². The number of aromatic nitrogens is 2. The van der Waals surface area contributed by atoms with Crippen LogP contribution in [0.25, 0.3) is 0 Å². The van der Waals surface area contributed by atoms with Gasteiger partial charge in [0.15, 0.2) is 0 Å². The summed E-state index contributed by atoms with van der Waals surface area (Å²) in [6.07, 6.45) is 5.99. The quantitative estimate of drug-likeness (QED) is 0.805. The lowest BCUT2D eigenvalue weighted by molar-refractivity contribution is 0.0702. The molecule has 5 nitrogen and oxygen atoms in total. The third-order valence-corrected chi connectivity index (χ3v) is 5.26. The molecule has 3 rings (SSSR count). The van der Waals surface area contributed by atoms with Gasteiger partial charge in [0.2, 0.25) is 0 Å². The molecule has 2 aromatic rings. The van der Waals surface area contributed by atoms with Crippen LogP contribution in [-0.4, -0.2) is 59.0 Å². The number of hydrogen-bond donors (Lipinski definition) is 0. The summed E-state index contributed by atoms with van der Waals surface area (Å²) in [5, 5.41) is 0.665. The summed E-state index contributed by atoms with van der Waals surface area (Å²) >= 11 is 6.03. The third-order valence-electron chi connectivity index (χ3n) is 5.03. The third kappa shape index (κ3) is 4.27. The van der Waals surface area contributed by atoms with E-state index in [-0.39, 0.29) is 11.8 Å². The summed E-state index contributed by atoms with van der Waals surface area (Å²) in [6.45, 7) is 5.36. The van der Waals surface area contributed by atoms with Crippen LogP contribution < -0.4 is 0 Å². The number of hydrogen-bond acceptors (Lipinski definition) is 3. The van der Waals surface area contributed by atoms with Crippen LogP contribution in [0.3, 0.4) is 0 Å². The van der Waals surface area contributed by atoms with Gasteiger partial charge >= 0.3 is 0 Å². The standard InChI is InChI=1S/C20H27ClN4O/c1-15-13-17(21)6-7-18(15)20(26)25-9-4-5-16(14-25)19-22-8-10-24(19)12-11-23(2)3/h6-8,10,13,16H,4-5,9,11-12,14H2,1-3H3. The van der Waals surface area contributed by atoms with Gasteiger partial charge in [0.1, 0.15) is 5.82 Å². The van der Waals surface area contributed by atoms with Gasteiger partial charge in [-0.1, -0.05) is 11.6 Å². The van der Waals surface area contributed by atoms with Crippen molar-refractivity contribution in [3.63, 3.8) is 0 Å². The summed E-state index contributed by atoms with van der Waals surface area (Å²) in [6, 6.07) is 5.48. The Bertz CT molecular complexity index is 771. The van der Waals surface area contributed by atoms with Crippen molar-refractivity contribution in [2.75, 3.05) is 33.7 Å². The molecular weight excluding hydrogens is 348 g/mol. The Morgan fingerprint density at radius 1 is 1.38 bits per heavy atom. The zero-order valence-electron chi connectivity index (χ0n) is 15.8. The van der Waals surface area contributed by atoms with E-state index in [0.29, 0.717) is 5.02 Å². The van der Waals surface area contributed by atoms with E-state index in [9.17, 15) is 4.79 Å². The lowest BCUT2D eigenvalue weighted by atomic mass is 9.96. The first kappa shape index (κ1) is 18.9. The Morgan fingerprint density at radius 3 is 2.92 bits per heavy atom. The van der Waals surface area contributed by atoms with E-state index >= 15 is 0 Å². The molecule has 26 heavy (non-hydrogen) atoms. The van der Waals surface area contributed by atoms with Crippen LogP contribution in [0.1, 0.15) is 40.5 Å². The van der Waals surface area contributed by atoms with E-state index in [2.05, 4.69) is 28.5 Å². The molecule has 1 fully saturated rings. The number of halogens is 1. The highest BCUT2D eigenvalue weighted by Crippen LogP contribution is 2.27. The molecule has 140 valence electrons. The summed E-state index contributed by atoms with van der Waals surface area (Å²) in [5.41, 5.74) is 1.67. The molecule has 0 N–H and O–H groups in total. The fraction of sp³-hybridized carbons (Fsp3) is 0.500. The highest BCUT2D eigenvalue weighted by molar-refractivity contribution is 6.30. The first-order valence-electron chi connectivity index (χ1n) is 9.17. The number of likely N-dealkylation sites (N-methyl/N-ethyl adjacent to an activating group) is 1. The zero-order valence-corrected chi connectivity index (χ0v) is 16.5. The van der Waals surface area contributed by atoms with Crippen molar-refractivity contribution in [2.45, 2.75) is 32.2 Å². The highest BCUT2D eigenvalue weighted by atomic mass is 35.5. The number of benzene rings is 1. The summed E-state index contributed by atoms with van der Waals surface area (Å²) < 4.78 is 2.23. The molecule has 0 spiro atoms. The number of likely N-dealkylation sites (tertiary alicyclic amines) is 1. The van der Waals surface area contributed by atoms with Gasteiger partial charge in [-0.3, -0.25) is 4.79 Å². The number of aryl methyl sites for hydroxylation is 1. The molecular formula is C20H27ClN4O. The van der Waals surface area contributed by atoms with Crippen LogP contribution in [0.4, 0.5) is 0 Å². The van der Waals surface area contributed by atoms with Gasteiger partial charge in [-0.2, -0.15) is 0 Å². The van der Waals surface area contributed by atoms with Crippen molar-refractivity contribution in [2.24, 2.45) is 0 Å². The highest BCUT2D eigenvalue weighted by Gasteiger charge is 2.28. The molecule has 0 saturated carbocycles. The largest absolute Gasteiger partial charge is 0.338 e. The maximum atomic E-state index is 13.0. The number of rotatable bonds is 5. The van der Waals surface area contributed by atoms with E-state index in [0.717, 1.165) is 56.0 Å². The van der Waals surface area contributed by atoms with Gasteiger partial charge in [-0.25, -0.2) is 4.98 Å². The minimum Gasteiger partial charge on any atom is -0.338 e. The Kier molecular flexibility index (Phi) is 5.99. The Morgan fingerprint density at radius 2 is 2.19 bits per heavy atom. The molecule has 1 amide bonds. The van der Waals surface area contributed by atoms with Crippen LogP contribution in [0.15, 0.2) is 30.6 Å². The summed E-state index contributed by atoms with van der Waals surface area (Å²) in [4.78, 5) is 21.7. The average molecular weight is 375 g/mol. The Labute approximate surface area is 160 Å². The lowest BCUT2D eigenvalue weighted by Crippen LogP contribution is -2.40. The van der Waals surface area contributed by atoms with Gasteiger partial charge in [0.25, 0.3) is 5.91 Å². The lowest BCUT2D eigenvalue weighted by Gasteiger charge is -2.33. The van der Waals surface area contributed by atoms with Crippen LogP contribution >= 0.6 is 11.6 Å². The van der Waals surface area contributed by atoms with Gasteiger partial charge < -0.3 is 14.4 Å². The molecule has 2 heterocycles. The van der Waals surface area contributed by atoms with Gasteiger partial charge in [-0.15, -0.1) is 0 Å². The predicted octanol–water partition coefficient (Wildman–Crippen LogP) is 3.43. The van der Waals surface area contributed by atoms with Crippen molar-refractivity contribution in [3.05, 3.63) is 52.6 Å². The fourth-order valence-corrected chi connectivity index (χ4v) is 3.81. The molecule has 1 aliphatic heterocycles. The molecule has 1 atom stereocenters. The number of amides is 1. The average Bonchev–Trinajstić information content (AvgIpc) is 3.08. The molecule has 0 aliphatic carbocycles. The summed E-state index contributed by atoms with van der Waals surface area (Å²) in [5.74, 6) is 1.48. The molecule has 1 saturated heterocycles. The van der Waals surface area contributed by atoms with Crippen molar-refractivity contribution < 1.29 is 4.79 Å². The number of imidazole rings is 1. The number of carbonyl (C=O) groups is 1. The second-order valence-corrected chi connectivity index (χ2v) is 7.77. The van der Waals surface area contributed by atoms with E-state index < -0.39 is 0 Å². The van der Waals surface area contributed by atoms with Crippen molar-refractivity contribution >= 4 is 17.5 Å². The molecule has 1 aromatic heterocycles. The van der Waals surface area contributed by atoms with Crippen LogP contribution in [0, 0.1) is 6.92 Å². The van der Waals surface area contributed by atoms with E-state index in [4.69, 9.17) is 11.6 Å². The second-order valence-electron chi connectivity index (χ2n) is 7.33. The maximum Gasteiger partial charge on any atom is 0.254 e. The van der Waals surface area contributed by atoms with Crippen LogP contribution in [0.5, 0.6) is 0 Å². The molecule has 1 unspecified atom stereocenters. The molecule has 0 radical (unpaired) electrons. The summed E-state index contributed by atoms with van der Waals surface area (Å²) in [7, 11) is 4.15. The monoisotopic (exact) mass is 374 g/mol. The molecule has 0 bridgehead atoms. The minimum atomic E-state index is 0.0928. The number of nitrogens with zero attached hydrogens (tertiary/aromatic N) is 4. The Balaban J connectivity index is 1.73. The first-order valence-corrected chi connectivity index (χ1v) is 9.54. The van der Waals surface area contributed by atoms with Crippen LogP contribution in [0.2, 0.25) is 5.02 Å². The molecule has 6 heteroatoms. The normalized spacial score (nSPS) is 17.7. The minimum absolute atomic E-state index is 0.0928. The smallest absolute Gasteiger partial charge is 0.254 e. The number of carbonyl (C=O) groups excluding carboxylic acids is 1. The molecule has 1 aliphatic rings. The maximum absolute atomic E-state index is 13.0. The van der Waals surface area contributed by atoms with E-state index in [1.165, 1.54) is 0 Å². The van der Waals surface area contributed by atoms with E-state index in [1.54, 1.807) is 6.07 Å². The van der Waals surface area contributed by atoms with Gasteiger partial charge in [-0.05, 0) is 57.6 Å². The Hall–Kier alpha value is -1.85. The second kappa shape index (κ2) is 8.23. The van der Waals surface area contributed by atoms with Crippen molar-refractivity contribution in [3.8, 4) is 0 Å². The number of piperidine rings is 1. The van der Waals surface area contributed by atoms with Crippen LogP contribution in [-0.2, 0) is 6.54 Å². The van der Waals surface area contributed by atoms with E-state index in [1.807, 2.05) is 36.4 Å².